The third kappa shape index (κ3) is 11.6. The summed E-state index contributed by atoms with van der Waals surface area (Å²) in [4.78, 5) is 36.3. The van der Waals surface area contributed by atoms with Crippen LogP contribution in [-0.4, -0.2) is 62.0 Å². The molecule has 0 fully saturated rings. The Morgan fingerprint density at radius 2 is 1.82 bits per heavy atom. The van der Waals surface area contributed by atoms with Crippen LogP contribution in [0.2, 0.25) is 0 Å². The molecule has 38 heavy (non-hydrogen) atoms. The molecule has 1 aromatic rings. The van der Waals surface area contributed by atoms with Crippen LogP contribution < -0.4 is 14.9 Å². The van der Waals surface area contributed by atoms with Gasteiger partial charge in [-0.3, -0.25) is 18.9 Å². The summed E-state index contributed by atoms with van der Waals surface area (Å²) < 4.78 is 34.4. The van der Waals surface area contributed by atoms with E-state index in [1.54, 1.807) is 30.3 Å². The lowest BCUT2D eigenvalue weighted by atomic mass is 9.87. The molecule has 1 rings (SSSR count). The second-order valence-electron chi connectivity index (χ2n) is 9.01. The number of esters is 2. The Hall–Kier alpha value is -2.98. The summed E-state index contributed by atoms with van der Waals surface area (Å²) in [5, 5.41) is 15.6. The van der Waals surface area contributed by atoms with Crippen molar-refractivity contribution in [3.8, 4) is 5.75 Å². The van der Waals surface area contributed by atoms with E-state index in [1.165, 1.54) is 27.9 Å². The molecule has 0 radical (unpaired) electrons. The molecule has 0 bridgehead atoms. The highest BCUT2D eigenvalue weighted by atomic mass is 31.2. The van der Waals surface area contributed by atoms with Gasteiger partial charge in [-0.25, -0.2) is 4.57 Å². The molecule has 1 amide bonds. The van der Waals surface area contributed by atoms with Gasteiger partial charge in [0.15, 0.2) is 0 Å². The molecule has 0 aliphatic carbocycles. The monoisotopic (exact) mass is 554 g/mol. The van der Waals surface area contributed by atoms with Gasteiger partial charge in [-0.15, -0.1) is 0 Å². The molecular formula is C26H39N2O9P. The highest BCUT2D eigenvalue weighted by molar-refractivity contribution is 7.52. The van der Waals surface area contributed by atoms with Crippen molar-refractivity contribution in [1.82, 2.24) is 10.4 Å². The number of hydrogen-bond donors (Lipinski definition) is 3. The van der Waals surface area contributed by atoms with Crippen molar-refractivity contribution < 1.29 is 42.6 Å². The zero-order valence-electron chi connectivity index (χ0n) is 22.8. The zero-order chi connectivity index (χ0) is 28.8. The minimum atomic E-state index is -4.15. The molecule has 0 aromatic heterocycles. The molecule has 212 valence electrons. The number of para-hydroxylation sites is 1. The highest BCUT2D eigenvalue weighted by Crippen LogP contribution is 2.46. The molecule has 12 heteroatoms. The van der Waals surface area contributed by atoms with Crippen LogP contribution in [0, 0.1) is 5.41 Å². The lowest BCUT2D eigenvalue weighted by molar-refractivity contribution is -0.143. The zero-order valence-corrected chi connectivity index (χ0v) is 23.7. The second kappa shape index (κ2) is 16.1. The molecule has 0 spiro atoms. The third-order valence-electron chi connectivity index (χ3n) is 5.25. The maximum Gasteiger partial charge on any atom is 0.459 e. The molecule has 0 saturated heterocycles. The Kier molecular flexibility index (Phi) is 14.0. The Morgan fingerprint density at radius 3 is 2.39 bits per heavy atom. The summed E-state index contributed by atoms with van der Waals surface area (Å²) in [6.45, 7) is 7.86. The van der Waals surface area contributed by atoms with Crippen molar-refractivity contribution >= 4 is 25.6 Å². The molecular weight excluding hydrogens is 515 g/mol. The van der Waals surface area contributed by atoms with Crippen LogP contribution in [0.4, 0.5) is 0 Å². The summed E-state index contributed by atoms with van der Waals surface area (Å²) >= 11 is 0. The largest absolute Gasteiger partial charge is 0.468 e. The molecule has 3 unspecified atom stereocenters. The van der Waals surface area contributed by atoms with E-state index in [0.29, 0.717) is 0 Å². The predicted octanol–water partition coefficient (Wildman–Crippen LogP) is 3.30. The first-order chi connectivity index (χ1) is 17.9. The normalized spacial score (nSPS) is 15.3. The predicted molar refractivity (Wildman–Crippen MR) is 142 cm³/mol. The van der Waals surface area contributed by atoms with E-state index in [0.717, 1.165) is 5.57 Å². The molecule has 11 nitrogen and oxygen atoms in total. The fourth-order valence-electron chi connectivity index (χ4n) is 2.92. The Labute approximate surface area is 224 Å². The van der Waals surface area contributed by atoms with Gasteiger partial charge in [0.05, 0.1) is 20.1 Å². The molecule has 3 N–H and O–H groups in total. The maximum absolute atomic E-state index is 13.5. The van der Waals surface area contributed by atoms with Gasteiger partial charge in [0, 0.05) is 12.0 Å². The van der Waals surface area contributed by atoms with Gasteiger partial charge in [0.1, 0.15) is 24.5 Å². The van der Waals surface area contributed by atoms with Crippen molar-refractivity contribution in [2.24, 2.45) is 5.41 Å². The fraction of sp³-hybridized carbons (Fsp3) is 0.500. The summed E-state index contributed by atoms with van der Waals surface area (Å²) in [6, 6.07) is 7.15. The van der Waals surface area contributed by atoms with Gasteiger partial charge in [0.25, 0.3) is 0 Å². The van der Waals surface area contributed by atoms with Crippen LogP contribution >= 0.6 is 7.75 Å². The number of ether oxygens (including phenoxy) is 2. The smallest absolute Gasteiger partial charge is 0.459 e. The number of nitrogens with one attached hydrogen (secondary N) is 2. The molecule has 0 aliphatic rings. The van der Waals surface area contributed by atoms with Crippen molar-refractivity contribution in [3.05, 3.63) is 54.1 Å². The van der Waals surface area contributed by atoms with Gasteiger partial charge in [-0.2, -0.15) is 5.09 Å². The molecule has 0 aliphatic heterocycles. The lowest BCUT2D eigenvalue weighted by Crippen LogP contribution is -2.46. The summed E-state index contributed by atoms with van der Waals surface area (Å²) in [7, 11) is -2.97. The van der Waals surface area contributed by atoms with Gasteiger partial charge < -0.3 is 24.4 Å². The molecule has 3 atom stereocenters. The van der Waals surface area contributed by atoms with E-state index < -0.39 is 43.2 Å². The van der Waals surface area contributed by atoms with E-state index in [9.17, 15) is 24.1 Å². The average molecular weight is 555 g/mol. The Morgan fingerprint density at radius 1 is 1.16 bits per heavy atom. The van der Waals surface area contributed by atoms with E-state index in [-0.39, 0.29) is 31.9 Å². The highest BCUT2D eigenvalue weighted by Gasteiger charge is 2.39. The average Bonchev–Trinajstić information content (AvgIpc) is 2.89. The number of hydrogen-bond acceptors (Lipinski definition) is 9. The SMILES string of the molecule is CC=CC(=CC)COC(=O)CCNC(=O)C(O)C(C)(C)COP(=O)(NC(C)C(=O)OC)Oc1ccccc1. The van der Waals surface area contributed by atoms with Crippen LogP contribution in [0.5, 0.6) is 5.75 Å². The van der Waals surface area contributed by atoms with E-state index in [1.807, 2.05) is 32.1 Å². The van der Waals surface area contributed by atoms with Crippen LogP contribution in [-0.2, 0) is 32.9 Å². The van der Waals surface area contributed by atoms with Gasteiger partial charge >= 0.3 is 19.7 Å². The third-order valence-corrected chi connectivity index (χ3v) is 6.87. The van der Waals surface area contributed by atoms with Crippen molar-refractivity contribution in [3.63, 3.8) is 0 Å². The second-order valence-corrected chi connectivity index (χ2v) is 10.7. The van der Waals surface area contributed by atoms with Crippen LogP contribution in [0.15, 0.2) is 54.1 Å². The quantitative estimate of drug-likeness (QED) is 0.158. The molecule has 0 saturated carbocycles. The molecule has 1 aromatic carbocycles. The topological polar surface area (TPSA) is 149 Å². The number of aliphatic hydroxyl groups excluding tert-OH is 1. The first-order valence-corrected chi connectivity index (χ1v) is 13.7. The number of allylic oxidation sites excluding steroid dienone is 2. The van der Waals surface area contributed by atoms with Crippen LogP contribution in [0.1, 0.15) is 41.0 Å². The number of carbonyl (C=O) groups excluding carboxylic acids is 3. The number of aliphatic hydroxyl groups is 1. The molecule has 0 heterocycles. The summed E-state index contributed by atoms with van der Waals surface area (Å²) in [6.07, 6.45) is 3.82. The van der Waals surface area contributed by atoms with E-state index in [4.69, 9.17) is 13.8 Å². The Bertz CT molecular complexity index is 1020. The van der Waals surface area contributed by atoms with Gasteiger partial charge in [0.2, 0.25) is 5.91 Å². The van der Waals surface area contributed by atoms with Crippen molar-refractivity contribution in [2.75, 3.05) is 26.9 Å². The van der Waals surface area contributed by atoms with Crippen molar-refractivity contribution in [2.45, 2.75) is 53.2 Å². The number of benzene rings is 1. The van der Waals surface area contributed by atoms with Crippen LogP contribution in [0.25, 0.3) is 0 Å². The van der Waals surface area contributed by atoms with Gasteiger partial charge in [-0.05, 0) is 38.5 Å². The van der Waals surface area contributed by atoms with E-state index >= 15 is 0 Å². The van der Waals surface area contributed by atoms with Crippen LogP contribution in [0.3, 0.4) is 0 Å². The first-order valence-electron chi connectivity index (χ1n) is 12.1. The number of rotatable bonds is 16. The number of amides is 1. The van der Waals surface area contributed by atoms with Crippen molar-refractivity contribution in [1.29, 1.82) is 0 Å². The fourth-order valence-corrected chi connectivity index (χ4v) is 4.59. The first kappa shape index (κ1) is 33.0. The van der Waals surface area contributed by atoms with E-state index in [2.05, 4.69) is 15.1 Å². The minimum Gasteiger partial charge on any atom is -0.468 e. The van der Waals surface area contributed by atoms with Gasteiger partial charge in [-0.1, -0.05) is 50.3 Å². The minimum absolute atomic E-state index is 0.0474. The summed E-state index contributed by atoms with van der Waals surface area (Å²) in [5.41, 5.74) is -0.393. The number of carbonyl (C=O) groups is 3. The summed E-state index contributed by atoms with van der Waals surface area (Å²) in [5.74, 6) is -1.72. The standard InChI is InChI=1S/C26H39N2O9P/c1-7-12-20(8-2)17-35-22(29)15-16-27-24(31)23(30)26(4,5)18-36-38(33,28-19(3)25(32)34-6)37-21-13-10-9-11-14-21/h7-14,19,23,30H,15-18H2,1-6H3,(H,27,31)(H,28,33). The Balaban J connectivity index is 2.73. The maximum atomic E-state index is 13.5. The lowest BCUT2D eigenvalue weighted by Gasteiger charge is -2.31. The number of methoxy groups -OCH3 is 1.